The highest BCUT2D eigenvalue weighted by Crippen LogP contribution is 2.05. The van der Waals surface area contributed by atoms with Crippen molar-refractivity contribution in [3.63, 3.8) is 0 Å². The highest BCUT2D eigenvalue weighted by atomic mass is 16.3. The highest BCUT2D eigenvalue weighted by Gasteiger charge is 2.10. The molecule has 1 aromatic rings. The van der Waals surface area contributed by atoms with Gasteiger partial charge in [-0.2, -0.15) is 0 Å². The van der Waals surface area contributed by atoms with Crippen molar-refractivity contribution in [3.8, 4) is 0 Å². The number of hydrogen-bond donors (Lipinski definition) is 3. The van der Waals surface area contributed by atoms with Crippen LogP contribution in [0.3, 0.4) is 0 Å². The predicted molar refractivity (Wildman–Crippen MR) is 68.5 cm³/mol. The predicted octanol–water partition coefficient (Wildman–Crippen LogP) is 0.191. The van der Waals surface area contributed by atoms with Crippen molar-refractivity contribution in [1.82, 2.24) is 4.90 Å². The molecular weight excluding hydrogens is 216 g/mol. The lowest BCUT2D eigenvalue weighted by Gasteiger charge is -2.24. The van der Waals surface area contributed by atoms with Gasteiger partial charge in [0.1, 0.15) is 0 Å². The molecule has 0 saturated carbocycles. The molecule has 0 amide bonds. The molecule has 0 radical (unpaired) electrons. The molecule has 1 unspecified atom stereocenters. The quantitative estimate of drug-likeness (QED) is 0.605. The molecule has 0 fully saturated rings. The van der Waals surface area contributed by atoms with Gasteiger partial charge in [-0.05, 0) is 25.1 Å². The van der Waals surface area contributed by atoms with Gasteiger partial charge >= 0.3 is 0 Å². The maximum atomic E-state index is 9.48. The van der Waals surface area contributed by atoms with Gasteiger partial charge < -0.3 is 15.9 Å². The summed E-state index contributed by atoms with van der Waals surface area (Å²) in [6.07, 6.45) is 0.210. The van der Waals surface area contributed by atoms with Crippen molar-refractivity contribution >= 4 is 0 Å². The molecule has 0 aliphatic heterocycles. The number of aliphatic hydroxyl groups is 2. The molecule has 0 aliphatic carbocycles. The molecule has 0 aromatic heterocycles. The Labute approximate surface area is 103 Å². The van der Waals surface area contributed by atoms with Crippen LogP contribution < -0.4 is 5.73 Å². The SMILES string of the molecule is NCCCN(Cc1ccccc1)CC(O)CO. The molecule has 0 heterocycles. The molecule has 0 aliphatic rings. The van der Waals surface area contributed by atoms with E-state index in [1.165, 1.54) is 5.56 Å². The third-order valence-corrected chi connectivity index (χ3v) is 2.61. The van der Waals surface area contributed by atoms with Gasteiger partial charge in [0.15, 0.2) is 0 Å². The maximum absolute atomic E-state index is 9.48. The van der Waals surface area contributed by atoms with E-state index in [0.717, 1.165) is 19.5 Å². The van der Waals surface area contributed by atoms with E-state index >= 15 is 0 Å². The van der Waals surface area contributed by atoms with Crippen LogP contribution in [0.15, 0.2) is 30.3 Å². The van der Waals surface area contributed by atoms with Crippen molar-refractivity contribution in [2.75, 3.05) is 26.2 Å². The first kappa shape index (κ1) is 14.1. The fourth-order valence-corrected chi connectivity index (χ4v) is 1.75. The summed E-state index contributed by atoms with van der Waals surface area (Å²) in [5, 5.41) is 18.4. The van der Waals surface area contributed by atoms with E-state index in [2.05, 4.69) is 17.0 Å². The van der Waals surface area contributed by atoms with Crippen molar-refractivity contribution in [2.24, 2.45) is 5.73 Å². The van der Waals surface area contributed by atoms with Crippen LogP contribution in [0, 0.1) is 0 Å². The van der Waals surface area contributed by atoms with Gasteiger partial charge in [-0.25, -0.2) is 0 Å². The monoisotopic (exact) mass is 238 g/mol. The summed E-state index contributed by atoms with van der Waals surface area (Å²) >= 11 is 0. The van der Waals surface area contributed by atoms with Crippen molar-refractivity contribution < 1.29 is 10.2 Å². The van der Waals surface area contributed by atoms with Gasteiger partial charge in [0, 0.05) is 13.1 Å². The summed E-state index contributed by atoms with van der Waals surface area (Å²) in [4.78, 5) is 2.11. The Bertz CT molecular complexity index is 293. The minimum atomic E-state index is -0.684. The van der Waals surface area contributed by atoms with Gasteiger partial charge in [0.25, 0.3) is 0 Å². The molecule has 1 atom stereocenters. The third-order valence-electron chi connectivity index (χ3n) is 2.61. The van der Waals surface area contributed by atoms with Crippen LogP contribution in [0.4, 0.5) is 0 Å². The number of hydrogen-bond acceptors (Lipinski definition) is 4. The topological polar surface area (TPSA) is 69.7 Å². The zero-order valence-corrected chi connectivity index (χ0v) is 10.1. The number of nitrogens with zero attached hydrogens (tertiary/aromatic N) is 1. The molecule has 1 aromatic carbocycles. The lowest BCUT2D eigenvalue weighted by Crippen LogP contribution is -2.35. The first-order chi connectivity index (χ1) is 8.26. The van der Waals surface area contributed by atoms with E-state index in [9.17, 15) is 5.11 Å². The summed E-state index contributed by atoms with van der Waals surface area (Å²) in [7, 11) is 0. The second-order valence-corrected chi connectivity index (χ2v) is 4.20. The second kappa shape index (κ2) is 8.20. The second-order valence-electron chi connectivity index (χ2n) is 4.20. The van der Waals surface area contributed by atoms with E-state index in [-0.39, 0.29) is 6.61 Å². The van der Waals surface area contributed by atoms with Crippen LogP contribution in [-0.2, 0) is 6.54 Å². The normalized spacial score (nSPS) is 12.9. The van der Waals surface area contributed by atoms with Crippen LogP contribution in [0.1, 0.15) is 12.0 Å². The van der Waals surface area contributed by atoms with Gasteiger partial charge in [-0.3, -0.25) is 4.90 Å². The molecule has 1 rings (SSSR count). The molecule has 4 N–H and O–H groups in total. The van der Waals surface area contributed by atoms with Crippen LogP contribution in [-0.4, -0.2) is 47.5 Å². The van der Waals surface area contributed by atoms with E-state index in [0.29, 0.717) is 13.1 Å². The summed E-state index contributed by atoms with van der Waals surface area (Å²) in [6.45, 7) is 2.53. The Kier molecular flexibility index (Phi) is 6.81. The highest BCUT2D eigenvalue weighted by molar-refractivity contribution is 5.14. The molecule has 0 bridgehead atoms. The average Bonchev–Trinajstić information content (AvgIpc) is 2.37. The Balaban J connectivity index is 2.50. The van der Waals surface area contributed by atoms with Gasteiger partial charge in [0.05, 0.1) is 12.7 Å². The molecular formula is C13H22N2O2. The Morgan fingerprint density at radius 1 is 1.24 bits per heavy atom. The fourth-order valence-electron chi connectivity index (χ4n) is 1.75. The zero-order valence-electron chi connectivity index (χ0n) is 10.1. The summed E-state index contributed by atoms with van der Waals surface area (Å²) in [6, 6.07) is 10.1. The van der Waals surface area contributed by atoms with E-state index in [4.69, 9.17) is 10.8 Å². The first-order valence-corrected chi connectivity index (χ1v) is 6.01. The number of aliphatic hydroxyl groups excluding tert-OH is 2. The van der Waals surface area contributed by atoms with E-state index < -0.39 is 6.10 Å². The standard InChI is InChI=1S/C13H22N2O2/c14-7-4-8-15(10-13(17)11-16)9-12-5-2-1-3-6-12/h1-3,5-6,13,16-17H,4,7-11,14H2. The molecule has 96 valence electrons. The lowest BCUT2D eigenvalue weighted by molar-refractivity contribution is 0.0565. The first-order valence-electron chi connectivity index (χ1n) is 6.01. The fraction of sp³-hybridized carbons (Fsp3) is 0.538. The van der Waals surface area contributed by atoms with Gasteiger partial charge in [-0.15, -0.1) is 0 Å². The van der Waals surface area contributed by atoms with Crippen LogP contribution in [0.2, 0.25) is 0 Å². The van der Waals surface area contributed by atoms with Crippen LogP contribution in [0.25, 0.3) is 0 Å². The van der Waals surface area contributed by atoms with Crippen molar-refractivity contribution in [1.29, 1.82) is 0 Å². The number of benzene rings is 1. The van der Waals surface area contributed by atoms with Gasteiger partial charge in [0.2, 0.25) is 0 Å². The molecule has 17 heavy (non-hydrogen) atoms. The molecule has 0 saturated heterocycles. The minimum absolute atomic E-state index is 0.200. The summed E-state index contributed by atoms with van der Waals surface area (Å²) in [5.74, 6) is 0. The summed E-state index contributed by atoms with van der Waals surface area (Å²) in [5.41, 5.74) is 6.70. The smallest absolute Gasteiger partial charge is 0.0897 e. The Morgan fingerprint density at radius 3 is 2.53 bits per heavy atom. The maximum Gasteiger partial charge on any atom is 0.0897 e. The van der Waals surface area contributed by atoms with Gasteiger partial charge in [-0.1, -0.05) is 30.3 Å². The molecule has 4 heteroatoms. The summed E-state index contributed by atoms with van der Waals surface area (Å²) < 4.78 is 0. The Morgan fingerprint density at radius 2 is 1.94 bits per heavy atom. The molecule has 0 spiro atoms. The van der Waals surface area contributed by atoms with E-state index in [1.807, 2.05) is 18.2 Å². The third kappa shape index (κ3) is 5.79. The largest absolute Gasteiger partial charge is 0.394 e. The zero-order chi connectivity index (χ0) is 12.5. The average molecular weight is 238 g/mol. The van der Waals surface area contributed by atoms with Crippen LogP contribution >= 0.6 is 0 Å². The lowest BCUT2D eigenvalue weighted by atomic mass is 10.2. The minimum Gasteiger partial charge on any atom is -0.394 e. The number of nitrogens with two attached hydrogens (primary N) is 1. The number of rotatable bonds is 8. The van der Waals surface area contributed by atoms with Crippen molar-refractivity contribution in [2.45, 2.75) is 19.1 Å². The molecule has 4 nitrogen and oxygen atoms in total. The van der Waals surface area contributed by atoms with E-state index in [1.54, 1.807) is 0 Å². The van der Waals surface area contributed by atoms with Crippen molar-refractivity contribution in [3.05, 3.63) is 35.9 Å². The van der Waals surface area contributed by atoms with Crippen LogP contribution in [0.5, 0.6) is 0 Å². The Hall–Kier alpha value is -0.940.